The van der Waals surface area contributed by atoms with Crippen molar-refractivity contribution in [3.8, 4) is 0 Å². The maximum Gasteiger partial charge on any atom is 0.226 e. The molecule has 5 nitrogen and oxygen atoms in total. The van der Waals surface area contributed by atoms with Gasteiger partial charge in [0, 0.05) is 11.1 Å². The minimum Gasteiger partial charge on any atom is -0.394 e. The fourth-order valence-electron chi connectivity index (χ4n) is 2.28. The number of hydrogen-bond acceptors (Lipinski definition) is 4. The normalized spacial score (nSPS) is 12.1. The van der Waals surface area contributed by atoms with Crippen molar-refractivity contribution in [2.75, 3.05) is 6.61 Å². The van der Waals surface area contributed by atoms with Gasteiger partial charge in [0.05, 0.1) is 29.6 Å². The minimum atomic E-state index is -0.608. The van der Waals surface area contributed by atoms with Crippen LogP contribution >= 0.6 is 11.3 Å². The van der Waals surface area contributed by atoms with Gasteiger partial charge in [-0.25, -0.2) is 4.98 Å². The van der Waals surface area contributed by atoms with Crippen LogP contribution < -0.4 is 5.32 Å². The van der Waals surface area contributed by atoms with Gasteiger partial charge >= 0.3 is 0 Å². The van der Waals surface area contributed by atoms with Crippen LogP contribution in [0.4, 0.5) is 0 Å². The van der Waals surface area contributed by atoms with E-state index in [0.29, 0.717) is 0 Å². The fourth-order valence-corrected chi connectivity index (χ4v) is 3.18. The summed E-state index contributed by atoms with van der Waals surface area (Å²) < 4.78 is 2.02. The summed E-state index contributed by atoms with van der Waals surface area (Å²) in [6, 6.07) is 7.89. The average Bonchev–Trinajstić information content (AvgIpc) is 2.98. The van der Waals surface area contributed by atoms with Gasteiger partial charge in [0.1, 0.15) is 0 Å². The van der Waals surface area contributed by atoms with E-state index in [0.717, 1.165) is 21.7 Å². The highest BCUT2D eigenvalue weighted by molar-refractivity contribution is 7.15. The quantitative estimate of drug-likeness (QED) is 0.774. The summed E-state index contributed by atoms with van der Waals surface area (Å²) in [5.74, 6) is -0.105. The van der Waals surface area contributed by atoms with Crippen LogP contribution in [0.5, 0.6) is 0 Å². The van der Waals surface area contributed by atoms with Gasteiger partial charge in [-0.3, -0.25) is 9.20 Å². The molecule has 1 aromatic carbocycles. The number of nitrogens with one attached hydrogen (secondary N) is 1. The number of amides is 1. The number of thiazole rings is 1. The molecule has 0 aliphatic heterocycles. The molecule has 21 heavy (non-hydrogen) atoms. The van der Waals surface area contributed by atoms with Crippen LogP contribution in [0.15, 0.2) is 29.6 Å². The number of hydrogen-bond donors (Lipinski definition) is 2. The lowest BCUT2D eigenvalue weighted by Crippen LogP contribution is -2.46. The van der Waals surface area contributed by atoms with E-state index >= 15 is 0 Å². The van der Waals surface area contributed by atoms with Gasteiger partial charge < -0.3 is 10.4 Å². The summed E-state index contributed by atoms with van der Waals surface area (Å²) >= 11 is 1.53. The van der Waals surface area contributed by atoms with E-state index < -0.39 is 5.54 Å². The molecule has 0 aliphatic rings. The zero-order chi connectivity index (χ0) is 15.0. The lowest BCUT2D eigenvalue weighted by Gasteiger charge is -2.23. The second kappa shape index (κ2) is 5.13. The van der Waals surface area contributed by atoms with E-state index in [1.165, 1.54) is 11.3 Å². The molecule has 0 saturated carbocycles. The van der Waals surface area contributed by atoms with E-state index in [-0.39, 0.29) is 18.9 Å². The standard InChI is InChI=1S/C15H17N3O2S/c1-15(2,9-19)17-13(20)7-10-8-21-14-16-11-5-3-4-6-12(11)18(10)14/h3-6,8,19H,7,9H2,1-2H3,(H,17,20). The van der Waals surface area contributed by atoms with E-state index in [1.54, 1.807) is 13.8 Å². The SMILES string of the molecule is CC(C)(CO)NC(=O)Cc1csc2nc3ccccc3n12. The molecular weight excluding hydrogens is 286 g/mol. The molecule has 6 heteroatoms. The van der Waals surface area contributed by atoms with Gasteiger partial charge in [0.2, 0.25) is 5.91 Å². The third-order valence-electron chi connectivity index (χ3n) is 3.33. The van der Waals surface area contributed by atoms with Crippen molar-refractivity contribution in [2.45, 2.75) is 25.8 Å². The summed E-state index contributed by atoms with van der Waals surface area (Å²) in [6.07, 6.45) is 0.268. The zero-order valence-electron chi connectivity index (χ0n) is 12.0. The number of para-hydroxylation sites is 2. The number of fused-ring (bicyclic) bond motifs is 3. The van der Waals surface area contributed by atoms with Crippen molar-refractivity contribution in [3.63, 3.8) is 0 Å². The summed E-state index contributed by atoms with van der Waals surface area (Å²) in [5, 5.41) is 14.0. The molecule has 0 spiro atoms. The van der Waals surface area contributed by atoms with Gasteiger partial charge in [-0.05, 0) is 26.0 Å². The first kappa shape index (κ1) is 14.0. The van der Waals surface area contributed by atoms with Crippen LogP contribution in [0.25, 0.3) is 16.0 Å². The molecule has 0 aliphatic carbocycles. The number of aliphatic hydroxyl groups excluding tert-OH is 1. The van der Waals surface area contributed by atoms with Crippen molar-refractivity contribution in [3.05, 3.63) is 35.3 Å². The van der Waals surface area contributed by atoms with Gasteiger partial charge in [-0.15, -0.1) is 11.3 Å². The molecule has 2 N–H and O–H groups in total. The third kappa shape index (κ3) is 2.64. The number of carbonyl (C=O) groups is 1. The Hall–Kier alpha value is -1.92. The maximum absolute atomic E-state index is 12.1. The second-order valence-corrected chi connectivity index (χ2v) is 6.55. The van der Waals surface area contributed by atoms with Crippen LogP contribution in [0.2, 0.25) is 0 Å². The number of carbonyl (C=O) groups excluding carboxylic acids is 1. The lowest BCUT2D eigenvalue weighted by atomic mass is 10.1. The fraction of sp³-hybridized carbons (Fsp3) is 0.333. The van der Waals surface area contributed by atoms with Crippen molar-refractivity contribution in [1.82, 2.24) is 14.7 Å². The Morgan fingerprint density at radius 1 is 1.43 bits per heavy atom. The number of aromatic nitrogens is 2. The lowest BCUT2D eigenvalue weighted by molar-refractivity contribution is -0.122. The van der Waals surface area contributed by atoms with Crippen molar-refractivity contribution in [1.29, 1.82) is 0 Å². The Bertz CT molecular complexity index is 804. The summed E-state index contributed by atoms with van der Waals surface area (Å²) in [5.41, 5.74) is 2.25. The maximum atomic E-state index is 12.1. The average molecular weight is 303 g/mol. The molecule has 0 saturated heterocycles. The number of rotatable bonds is 4. The largest absolute Gasteiger partial charge is 0.394 e. The van der Waals surface area contributed by atoms with Crippen molar-refractivity contribution in [2.24, 2.45) is 0 Å². The van der Waals surface area contributed by atoms with Crippen LogP contribution in [-0.2, 0) is 11.2 Å². The van der Waals surface area contributed by atoms with Gasteiger partial charge in [-0.1, -0.05) is 12.1 Å². The van der Waals surface area contributed by atoms with E-state index in [4.69, 9.17) is 0 Å². The molecule has 3 aromatic rings. The molecule has 0 unspecified atom stereocenters. The first-order chi connectivity index (χ1) is 10.00. The molecule has 1 amide bonds. The van der Waals surface area contributed by atoms with Crippen molar-refractivity contribution >= 4 is 33.2 Å². The van der Waals surface area contributed by atoms with Gasteiger partial charge in [0.25, 0.3) is 0 Å². The Morgan fingerprint density at radius 3 is 2.95 bits per heavy atom. The van der Waals surface area contributed by atoms with Gasteiger partial charge in [-0.2, -0.15) is 0 Å². The smallest absolute Gasteiger partial charge is 0.226 e. The molecule has 0 atom stereocenters. The highest BCUT2D eigenvalue weighted by atomic mass is 32.1. The topological polar surface area (TPSA) is 66.6 Å². The Labute approximate surface area is 126 Å². The number of nitrogens with zero attached hydrogens (tertiary/aromatic N) is 2. The van der Waals surface area contributed by atoms with E-state index in [1.807, 2.05) is 34.0 Å². The monoisotopic (exact) mass is 303 g/mol. The van der Waals surface area contributed by atoms with E-state index in [2.05, 4.69) is 10.3 Å². The highest BCUT2D eigenvalue weighted by Gasteiger charge is 2.20. The predicted octanol–water partition coefficient (Wildman–Crippen LogP) is 1.98. The van der Waals surface area contributed by atoms with E-state index in [9.17, 15) is 9.90 Å². The van der Waals surface area contributed by atoms with Crippen LogP contribution in [0.1, 0.15) is 19.5 Å². The molecule has 3 rings (SSSR count). The minimum absolute atomic E-state index is 0.0915. The summed E-state index contributed by atoms with van der Waals surface area (Å²) in [6.45, 7) is 3.49. The van der Waals surface area contributed by atoms with Gasteiger partial charge in [0.15, 0.2) is 4.96 Å². The molecule has 0 fully saturated rings. The second-order valence-electron chi connectivity index (χ2n) is 5.71. The molecule has 2 aromatic heterocycles. The third-order valence-corrected chi connectivity index (χ3v) is 4.21. The predicted molar refractivity (Wildman–Crippen MR) is 83.6 cm³/mol. The van der Waals surface area contributed by atoms with Crippen LogP contribution in [0, 0.1) is 0 Å². The highest BCUT2D eigenvalue weighted by Crippen LogP contribution is 2.23. The zero-order valence-corrected chi connectivity index (χ0v) is 12.8. The molecule has 0 radical (unpaired) electrons. The number of benzene rings is 1. The summed E-state index contributed by atoms with van der Waals surface area (Å²) in [4.78, 5) is 17.6. The molecule has 0 bridgehead atoms. The van der Waals surface area contributed by atoms with Crippen LogP contribution in [0.3, 0.4) is 0 Å². The Balaban J connectivity index is 1.92. The first-order valence-electron chi connectivity index (χ1n) is 6.75. The molecule has 110 valence electrons. The Morgan fingerprint density at radius 2 is 2.19 bits per heavy atom. The Kier molecular flexibility index (Phi) is 3.43. The molecular formula is C15H17N3O2S. The molecule has 2 heterocycles. The summed E-state index contributed by atoms with van der Waals surface area (Å²) in [7, 11) is 0. The number of aliphatic hydroxyl groups is 1. The first-order valence-corrected chi connectivity index (χ1v) is 7.63. The number of imidazole rings is 1. The van der Waals surface area contributed by atoms with Crippen LogP contribution in [-0.4, -0.2) is 32.5 Å². The van der Waals surface area contributed by atoms with Crippen molar-refractivity contribution < 1.29 is 9.90 Å².